The first kappa shape index (κ1) is 19.8. The largest absolute Gasteiger partial charge is 0.464 e. The Morgan fingerprint density at radius 3 is 2.74 bits per heavy atom. The fourth-order valence-electron chi connectivity index (χ4n) is 4.46. The van der Waals surface area contributed by atoms with Crippen LogP contribution in [-0.4, -0.2) is 39.2 Å². The Bertz CT molecular complexity index is 1150. The van der Waals surface area contributed by atoms with Crippen molar-refractivity contribution in [2.24, 2.45) is 5.92 Å². The molecule has 0 aliphatic carbocycles. The molecule has 1 fully saturated rings. The summed E-state index contributed by atoms with van der Waals surface area (Å²) in [6.07, 6.45) is 1.07. The van der Waals surface area contributed by atoms with Gasteiger partial charge in [-0.25, -0.2) is 0 Å². The number of piperidine rings is 1. The van der Waals surface area contributed by atoms with Crippen molar-refractivity contribution in [3.63, 3.8) is 0 Å². The monoisotopic (exact) mass is 438 g/mol. The van der Waals surface area contributed by atoms with Gasteiger partial charge >= 0.3 is 6.01 Å². The Kier molecular flexibility index (Phi) is 5.23. The number of pyridine rings is 1. The van der Waals surface area contributed by atoms with E-state index in [1.807, 2.05) is 29.7 Å². The third-order valence-corrected chi connectivity index (χ3v) is 5.99. The molecule has 0 unspecified atom stereocenters. The lowest BCUT2D eigenvalue weighted by molar-refractivity contribution is 0.277. The molecule has 1 aromatic carbocycles. The average Bonchev–Trinajstić information content (AvgIpc) is 2.76. The molecule has 2 atom stereocenters. The normalized spacial score (nSPS) is 19.6. The van der Waals surface area contributed by atoms with Crippen LogP contribution in [0.2, 0.25) is 5.02 Å². The molecule has 8 nitrogen and oxygen atoms in total. The van der Waals surface area contributed by atoms with Crippen LogP contribution in [0.3, 0.4) is 0 Å². The number of rotatable bonds is 5. The molecule has 3 aromatic rings. The summed E-state index contributed by atoms with van der Waals surface area (Å²) in [6.45, 7) is 4.62. The highest BCUT2D eigenvalue weighted by atomic mass is 35.5. The van der Waals surface area contributed by atoms with Gasteiger partial charge in [0, 0.05) is 48.0 Å². The van der Waals surface area contributed by atoms with Crippen molar-refractivity contribution in [2.75, 3.05) is 29.9 Å². The highest BCUT2D eigenvalue weighted by molar-refractivity contribution is 6.30. The molecule has 1 saturated heterocycles. The summed E-state index contributed by atoms with van der Waals surface area (Å²) < 4.78 is 7.52. The lowest BCUT2D eigenvalue weighted by Gasteiger charge is -2.42. The van der Waals surface area contributed by atoms with Crippen molar-refractivity contribution in [1.82, 2.24) is 19.5 Å². The quantitative estimate of drug-likeness (QED) is 0.652. The molecule has 2 aromatic heterocycles. The van der Waals surface area contributed by atoms with E-state index in [0.29, 0.717) is 29.4 Å². The van der Waals surface area contributed by atoms with E-state index in [-0.39, 0.29) is 17.5 Å². The molecule has 31 heavy (non-hydrogen) atoms. The predicted molar refractivity (Wildman–Crippen MR) is 119 cm³/mol. The summed E-state index contributed by atoms with van der Waals surface area (Å²) in [5.41, 5.74) is 1.99. The summed E-state index contributed by atoms with van der Waals surface area (Å²) >= 11 is 5.98. The summed E-state index contributed by atoms with van der Waals surface area (Å²) in [5.74, 6) is 1.63. The molecule has 4 heterocycles. The first-order valence-corrected chi connectivity index (χ1v) is 10.8. The van der Waals surface area contributed by atoms with Crippen molar-refractivity contribution in [3.8, 4) is 6.01 Å². The zero-order valence-corrected chi connectivity index (χ0v) is 17.9. The number of aromatic nitrogens is 4. The second-order valence-corrected chi connectivity index (χ2v) is 8.35. The Balaban J connectivity index is 1.45. The van der Waals surface area contributed by atoms with Gasteiger partial charge in [0.25, 0.3) is 5.56 Å². The number of fused-ring (bicyclic) bond motifs is 4. The highest BCUT2D eigenvalue weighted by Gasteiger charge is 2.35. The summed E-state index contributed by atoms with van der Waals surface area (Å²) in [6, 6.07) is 13.2. The second-order valence-electron chi connectivity index (χ2n) is 7.91. The number of nitrogens with one attached hydrogen (secondary N) is 1. The van der Waals surface area contributed by atoms with Crippen LogP contribution in [0.15, 0.2) is 47.3 Å². The number of ether oxygens (including phenoxy) is 1. The van der Waals surface area contributed by atoms with E-state index in [1.54, 1.807) is 18.2 Å². The summed E-state index contributed by atoms with van der Waals surface area (Å²) in [7, 11) is 0. The van der Waals surface area contributed by atoms with Crippen LogP contribution in [0, 0.1) is 5.92 Å². The predicted octanol–water partition coefficient (Wildman–Crippen LogP) is 3.45. The van der Waals surface area contributed by atoms with Crippen LogP contribution in [-0.2, 0) is 6.54 Å². The second kappa shape index (κ2) is 8.19. The first-order valence-electron chi connectivity index (χ1n) is 10.4. The summed E-state index contributed by atoms with van der Waals surface area (Å²) in [4.78, 5) is 28.1. The maximum Gasteiger partial charge on any atom is 0.323 e. The molecule has 2 aliphatic rings. The molecule has 1 N–H and O–H groups in total. The number of benzene rings is 1. The van der Waals surface area contributed by atoms with Crippen LogP contribution < -0.4 is 20.5 Å². The number of halogens is 1. The molecule has 0 spiro atoms. The van der Waals surface area contributed by atoms with E-state index in [9.17, 15) is 4.79 Å². The van der Waals surface area contributed by atoms with Gasteiger partial charge in [-0.1, -0.05) is 17.7 Å². The van der Waals surface area contributed by atoms with Gasteiger partial charge in [-0.3, -0.25) is 4.79 Å². The van der Waals surface area contributed by atoms with Crippen molar-refractivity contribution < 1.29 is 4.74 Å². The number of nitrogens with zero attached hydrogens (tertiary/aromatic N) is 5. The number of anilines is 3. The third kappa shape index (κ3) is 4.07. The number of hydrogen-bond donors (Lipinski definition) is 1. The van der Waals surface area contributed by atoms with Gasteiger partial charge in [-0.05, 0) is 49.6 Å². The van der Waals surface area contributed by atoms with Crippen LogP contribution in [0.1, 0.15) is 25.0 Å². The molecule has 160 valence electrons. The van der Waals surface area contributed by atoms with Crippen LogP contribution in [0.25, 0.3) is 0 Å². The molecule has 2 aliphatic heterocycles. The standard InChI is InChI=1S/C22H23ClN6O2/c1-2-31-22-26-20(24-17-8-6-16(23)7-9-17)25-21(27-22)28-11-14-10-15(13-28)18-4-3-5-19(30)29(18)12-14/h3-9,14-15H,2,10-13H2,1H3,(H,24,25,26,27)/t14-,15+/m1/s1. The zero-order chi connectivity index (χ0) is 21.4. The van der Waals surface area contributed by atoms with Crippen molar-refractivity contribution in [1.29, 1.82) is 0 Å². The Labute approximate surface area is 184 Å². The van der Waals surface area contributed by atoms with E-state index in [4.69, 9.17) is 16.3 Å². The van der Waals surface area contributed by atoms with Gasteiger partial charge in [0.15, 0.2) is 0 Å². The van der Waals surface area contributed by atoms with E-state index >= 15 is 0 Å². The minimum atomic E-state index is 0.0777. The Hall–Kier alpha value is -3.13. The van der Waals surface area contributed by atoms with Gasteiger partial charge in [0.05, 0.1) is 6.61 Å². The van der Waals surface area contributed by atoms with Gasteiger partial charge in [-0.15, -0.1) is 0 Å². The van der Waals surface area contributed by atoms with Gasteiger partial charge in [0.2, 0.25) is 11.9 Å². The Morgan fingerprint density at radius 2 is 1.94 bits per heavy atom. The maximum atomic E-state index is 12.3. The molecule has 2 bridgehead atoms. The van der Waals surface area contributed by atoms with Crippen molar-refractivity contribution in [2.45, 2.75) is 25.8 Å². The molecular weight excluding hydrogens is 416 g/mol. The Morgan fingerprint density at radius 1 is 1.10 bits per heavy atom. The minimum Gasteiger partial charge on any atom is -0.464 e. The smallest absolute Gasteiger partial charge is 0.323 e. The lowest BCUT2D eigenvalue weighted by Crippen LogP contribution is -2.47. The zero-order valence-electron chi connectivity index (χ0n) is 17.2. The van der Waals surface area contributed by atoms with Gasteiger partial charge in [-0.2, -0.15) is 15.0 Å². The molecule has 0 radical (unpaired) electrons. The van der Waals surface area contributed by atoms with E-state index < -0.39 is 0 Å². The van der Waals surface area contributed by atoms with E-state index in [2.05, 4.69) is 31.2 Å². The molecule has 9 heteroatoms. The van der Waals surface area contributed by atoms with Crippen molar-refractivity contribution >= 4 is 29.2 Å². The van der Waals surface area contributed by atoms with Crippen LogP contribution >= 0.6 is 11.6 Å². The highest BCUT2D eigenvalue weighted by Crippen LogP contribution is 2.36. The van der Waals surface area contributed by atoms with Crippen LogP contribution in [0.4, 0.5) is 17.6 Å². The third-order valence-electron chi connectivity index (χ3n) is 5.74. The first-order chi connectivity index (χ1) is 15.1. The number of hydrogen-bond acceptors (Lipinski definition) is 7. The van der Waals surface area contributed by atoms with Gasteiger partial charge in [0.1, 0.15) is 0 Å². The fourth-order valence-corrected chi connectivity index (χ4v) is 4.58. The fraction of sp³-hybridized carbons (Fsp3) is 0.364. The molecule has 5 rings (SSSR count). The average molecular weight is 439 g/mol. The van der Waals surface area contributed by atoms with E-state index in [0.717, 1.165) is 37.4 Å². The molecule has 0 amide bonds. The minimum absolute atomic E-state index is 0.0777. The SMILES string of the molecule is CCOc1nc(Nc2ccc(Cl)cc2)nc(N2C[C@H]3C[C@@H](C2)c2cccc(=O)n2C3)n1. The topological polar surface area (TPSA) is 85.2 Å². The molecular formula is C22H23ClN6O2. The van der Waals surface area contributed by atoms with Crippen molar-refractivity contribution in [3.05, 3.63) is 63.5 Å². The van der Waals surface area contributed by atoms with Gasteiger partial charge < -0.3 is 19.5 Å². The molecule has 0 saturated carbocycles. The summed E-state index contributed by atoms with van der Waals surface area (Å²) in [5, 5.41) is 3.87. The maximum absolute atomic E-state index is 12.3. The lowest BCUT2D eigenvalue weighted by atomic mass is 9.83. The van der Waals surface area contributed by atoms with E-state index in [1.165, 1.54) is 0 Å². The van der Waals surface area contributed by atoms with Crippen LogP contribution in [0.5, 0.6) is 6.01 Å².